The standard InChI is InChI=1S/C29H36N6O/c1-4-27(28-31-32-33-35(28)25-8-6-5-7-9-25)34(18-22-13-10-20(2)11-14-22)19-24-17-23-16-21(3)12-15-26(23)30-29(24)36/h10-17,25,27H,4-9,18-19H2,1-3H3,(H,30,36). The van der Waals surface area contributed by atoms with E-state index in [0.29, 0.717) is 19.1 Å². The monoisotopic (exact) mass is 484 g/mol. The number of aromatic amines is 1. The Morgan fingerprint density at radius 2 is 1.75 bits per heavy atom. The number of nitrogens with zero attached hydrogens (tertiary/aromatic N) is 5. The van der Waals surface area contributed by atoms with E-state index in [4.69, 9.17) is 0 Å². The van der Waals surface area contributed by atoms with E-state index in [2.05, 4.69) is 81.2 Å². The maximum Gasteiger partial charge on any atom is 0.252 e. The van der Waals surface area contributed by atoms with Crippen molar-refractivity contribution in [2.24, 2.45) is 0 Å². The lowest BCUT2D eigenvalue weighted by Gasteiger charge is -2.32. The molecular weight excluding hydrogens is 448 g/mol. The van der Waals surface area contributed by atoms with Gasteiger partial charge in [0.15, 0.2) is 5.82 Å². The van der Waals surface area contributed by atoms with Gasteiger partial charge in [-0.1, -0.05) is 67.6 Å². The lowest BCUT2D eigenvalue weighted by atomic mass is 9.95. The molecule has 2 aromatic carbocycles. The van der Waals surface area contributed by atoms with Gasteiger partial charge in [0, 0.05) is 24.2 Å². The number of aryl methyl sites for hydroxylation is 2. The highest BCUT2D eigenvalue weighted by atomic mass is 16.1. The summed E-state index contributed by atoms with van der Waals surface area (Å²) < 4.78 is 2.07. The molecule has 0 aliphatic heterocycles. The summed E-state index contributed by atoms with van der Waals surface area (Å²) in [6.07, 6.45) is 6.82. The second-order valence-electron chi connectivity index (χ2n) is 10.3. The molecule has 2 heterocycles. The average Bonchev–Trinajstić information content (AvgIpc) is 3.36. The third-order valence-corrected chi connectivity index (χ3v) is 7.52. The van der Waals surface area contributed by atoms with Crippen LogP contribution in [0.2, 0.25) is 0 Å². The number of tetrazole rings is 1. The van der Waals surface area contributed by atoms with Gasteiger partial charge in [0.05, 0.1) is 12.1 Å². The van der Waals surface area contributed by atoms with Crippen molar-refractivity contribution < 1.29 is 0 Å². The Hall–Kier alpha value is -3.32. The molecule has 7 heteroatoms. The minimum absolute atomic E-state index is 0.00386. The summed E-state index contributed by atoms with van der Waals surface area (Å²) in [5.74, 6) is 0.907. The summed E-state index contributed by atoms with van der Waals surface area (Å²) in [5, 5.41) is 14.2. The molecule has 188 valence electrons. The van der Waals surface area contributed by atoms with Crippen LogP contribution in [0.4, 0.5) is 0 Å². The van der Waals surface area contributed by atoms with Crippen LogP contribution in [0.5, 0.6) is 0 Å². The molecule has 1 unspecified atom stereocenters. The molecule has 1 aliphatic carbocycles. The van der Waals surface area contributed by atoms with Crippen LogP contribution in [0.15, 0.2) is 53.3 Å². The maximum absolute atomic E-state index is 13.1. The topological polar surface area (TPSA) is 79.7 Å². The molecule has 1 atom stereocenters. The van der Waals surface area contributed by atoms with Gasteiger partial charge in [-0.25, -0.2) is 4.68 Å². The highest BCUT2D eigenvalue weighted by molar-refractivity contribution is 5.79. The molecule has 0 bridgehead atoms. The van der Waals surface area contributed by atoms with Crippen LogP contribution in [0.3, 0.4) is 0 Å². The van der Waals surface area contributed by atoms with Gasteiger partial charge in [-0.05, 0) is 72.7 Å². The molecule has 1 aliphatic rings. The number of nitrogens with one attached hydrogen (secondary N) is 1. The zero-order valence-corrected chi connectivity index (χ0v) is 21.6. The van der Waals surface area contributed by atoms with E-state index >= 15 is 0 Å². The van der Waals surface area contributed by atoms with E-state index in [-0.39, 0.29) is 11.6 Å². The Labute approximate surface area is 212 Å². The fraction of sp³-hybridized carbons (Fsp3) is 0.448. The van der Waals surface area contributed by atoms with Gasteiger partial charge < -0.3 is 4.98 Å². The van der Waals surface area contributed by atoms with E-state index in [1.807, 2.05) is 18.2 Å². The van der Waals surface area contributed by atoms with Crippen molar-refractivity contribution in [3.05, 3.63) is 87.0 Å². The third-order valence-electron chi connectivity index (χ3n) is 7.52. The molecule has 1 N–H and O–H groups in total. The number of aromatic nitrogens is 5. The molecule has 4 aromatic rings. The molecule has 36 heavy (non-hydrogen) atoms. The van der Waals surface area contributed by atoms with E-state index < -0.39 is 0 Å². The van der Waals surface area contributed by atoms with Crippen molar-refractivity contribution in [2.45, 2.75) is 84.5 Å². The fourth-order valence-electron chi connectivity index (χ4n) is 5.52. The van der Waals surface area contributed by atoms with E-state index in [0.717, 1.165) is 41.6 Å². The number of hydrogen-bond donors (Lipinski definition) is 1. The summed E-state index contributed by atoms with van der Waals surface area (Å²) >= 11 is 0. The Morgan fingerprint density at radius 3 is 2.50 bits per heavy atom. The first-order valence-corrected chi connectivity index (χ1v) is 13.2. The number of pyridine rings is 1. The first kappa shape index (κ1) is 24.4. The third kappa shape index (κ3) is 5.26. The first-order chi connectivity index (χ1) is 17.5. The molecule has 1 saturated carbocycles. The van der Waals surface area contributed by atoms with Crippen LogP contribution in [0.25, 0.3) is 10.9 Å². The lowest BCUT2D eigenvalue weighted by molar-refractivity contribution is 0.155. The van der Waals surface area contributed by atoms with Crippen molar-refractivity contribution in [3.8, 4) is 0 Å². The van der Waals surface area contributed by atoms with Gasteiger partial charge in [-0.2, -0.15) is 0 Å². The molecule has 5 rings (SSSR count). The van der Waals surface area contributed by atoms with Crippen LogP contribution in [0, 0.1) is 13.8 Å². The SMILES string of the molecule is CCC(c1nnnn1C1CCCCC1)N(Cc1ccc(C)cc1)Cc1cc2cc(C)ccc2[nH]c1=O. The van der Waals surface area contributed by atoms with Gasteiger partial charge >= 0.3 is 0 Å². The molecule has 7 nitrogen and oxygen atoms in total. The quantitative estimate of drug-likeness (QED) is 0.342. The first-order valence-electron chi connectivity index (χ1n) is 13.2. The largest absolute Gasteiger partial charge is 0.322 e. The van der Waals surface area contributed by atoms with Crippen molar-refractivity contribution in [1.29, 1.82) is 0 Å². The predicted octanol–water partition coefficient (Wildman–Crippen LogP) is 5.79. The molecule has 0 spiro atoms. The van der Waals surface area contributed by atoms with Crippen LogP contribution in [-0.2, 0) is 13.1 Å². The molecule has 1 fully saturated rings. The van der Waals surface area contributed by atoms with Crippen LogP contribution in [0.1, 0.15) is 85.6 Å². The number of fused-ring (bicyclic) bond motifs is 1. The Balaban J connectivity index is 1.53. The van der Waals surface area contributed by atoms with E-state index in [9.17, 15) is 4.79 Å². The van der Waals surface area contributed by atoms with Gasteiger partial charge in [-0.15, -0.1) is 5.10 Å². The van der Waals surface area contributed by atoms with Gasteiger partial charge in [0.25, 0.3) is 5.56 Å². The molecule has 0 amide bonds. The summed E-state index contributed by atoms with van der Waals surface area (Å²) in [5.41, 5.74) is 5.21. The number of benzene rings is 2. The number of rotatable bonds is 8. The summed E-state index contributed by atoms with van der Waals surface area (Å²) in [6, 6.07) is 17.2. The number of hydrogen-bond acceptors (Lipinski definition) is 5. The van der Waals surface area contributed by atoms with Crippen LogP contribution >= 0.6 is 0 Å². The van der Waals surface area contributed by atoms with Crippen LogP contribution in [-0.4, -0.2) is 30.1 Å². The van der Waals surface area contributed by atoms with Gasteiger partial charge in [0.2, 0.25) is 0 Å². The Morgan fingerprint density at radius 1 is 1.00 bits per heavy atom. The zero-order chi connectivity index (χ0) is 25.1. The maximum atomic E-state index is 13.1. The number of H-pyrrole nitrogens is 1. The van der Waals surface area contributed by atoms with E-state index in [1.165, 1.54) is 36.0 Å². The molecule has 0 radical (unpaired) electrons. The highest BCUT2D eigenvalue weighted by Gasteiger charge is 2.29. The van der Waals surface area contributed by atoms with Gasteiger partial charge in [-0.3, -0.25) is 9.69 Å². The summed E-state index contributed by atoms with van der Waals surface area (Å²) in [7, 11) is 0. The van der Waals surface area contributed by atoms with Crippen LogP contribution < -0.4 is 5.56 Å². The summed E-state index contributed by atoms with van der Waals surface area (Å²) in [6.45, 7) is 7.59. The molecule has 2 aromatic heterocycles. The minimum atomic E-state index is -0.0398. The average molecular weight is 485 g/mol. The van der Waals surface area contributed by atoms with Crippen molar-refractivity contribution in [3.63, 3.8) is 0 Å². The molecular formula is C29H36N6O. The Kier molecular flexibility index (Phi) is 7.28. The second kappa shape index (κ2) is 10.7. The van der Waals surface area contributed by atoms with E-state index in [1.54, 1.807) is 0 Å². The normalized spacial score (nSPS) is 15.6. The minimum Gasteiger partial charge on any atom is -0.322 e. The smallest absolute Gasteiger partial charge is 0.252 e. The summed E-state index contributed by atoms with van der Waals surface area (Å²) in [4.78, 5) is 18.6. The highest BCUT2D eigenvalue weighted by Crippen LogP contribution is 2.32. The predicted molar refractivity (Wildman–Crippen MR) is 143 cm³/mol. The zero-order valence-electron chi connectivity index (χ0n) is 21.6. The Bertz CT molecular complexity index is 1370. The fourth-order valence-corrected chi connectivity index (χ4v) is 5.52. The lowest BCUT2D eigenvalue weighted by Crippen LogP contribution is -2.33. The second-order valence-corrected chi connectivity index (χ2v) is 10.3. The van der Waals surface area contributed by atoms with Gasteiger partial charge in [0.1, 0.15) is 0 Å². The van der Waals surface area contributed by atoms with Crippen molar-refractivity contribution >= 4 is 10.9 Å². The molecule has 0 saturated heterocycles. The van der Waals surface area contributed by atoms with Crippen molar-refractivity contribution in [1.82, 2.24) is 30.1 Å². The van der Waals surface area contributed by atoms with Crippen molar-refractivity contribution in [2.75, 3.05) is 0 Å².